The quantitative estimate of drug-likeness (QED) is 0.719. The molecule has 18 heavy (non-hydrogen) atoms. The number of nitrogens with one attached hydrogen (secondary N) is 2. The molecule has 1 aliphatic carbocycles. The zero-order chi connectivity index (χ0) is 12.6. The summed E-state index contributed by atoms with van der Waals surface area (Å²) in [4.78, 5) is 0. The van der Waals surface area contributed by atoms with E-state index in [1.54, 1.807) is 0 Å². The van der Waals surface area contributed by atoms with Gasteiger partial charge in [-0.15, -0.1) is 5.10 Å². The Hall–Kier alpha value is -1.14. The third-order valence-corrected chi connectivity index (χ3v) is 3.08. The lowest BCUT2D eigenvalue weighted by Crippen LogP contribution is -2.20. The Labute approximate surface area is 107 Å². The number of hydrogen-bond donors (Lipinski definition) is 2. The van der Waals surface area contributed by atoms with E-state index in [0.29, 0.717) is 37.7 Å². The summed E-state index contributed by atoms with van der Waals surface area (Å²) < 4.78 is 11.2. The molecule has 102 valence electrons. The largest absolute Gasteiger partial charge is 0.407 e. The van der Waals surface area contributed by atoms with Crippen LogP contribution < -0.4 is 10.6 Å². The van der Waals surface area contributed by atoms with Crippen LogP contribution in [0.15, 0.2) is 4.42 Å². The van der Waals surface area contributed by atoms with Gasteiger partial charge in [-0.1, -0.05) is 24.4 Å². The Bertz CT molecular complexity index is 337. The summed E-state index contributed by atoms with van der Waals surface area (Å²) >= 11 is 0. The summed E-state index contributed by atoms with van der Waals surface area (Å²) in [5.74, 6) is 0.591. The zero-order valence-corrected chi connectivity index (χ0v) is 10.9. The summed E-state index contributed by atoms with van der Waals surface area (Å²) in [5.41, 5.74) is 0. The number of hydrogen-bond acceptors (Lipinski definition) is 6. The molecule has 1 heterocycles. The molecule has 6 nitrogen and oxygen atoms in total. The van der Waals surface area contributed by atoms with E-state index in [1.165, 1.54) is 32.1 Å². The molecule has 2 N–H and O–H groups in total. The first kappa shape index (κ1) is 13.3. The average Bonchev–Trinajstić information content (AvgIpc) is 2.84. The van der Waals surface area contributed by atoms with Gasteiger partial charge in [0.25, 0.3) is 0 Å². The molecule has 0 aromatic carbocycles. The van der Waals surface area contributed by atoms with Crippen molar-refractivity contribution in [1.82, 2.24) is 15.5 Å². The van der Waals surface area contributed by atoms with E-state index in [0.717, 1.165) is 0 Å². The topological polar surface area (TPSA) is 72.2 Å². The Kier molecular flexibility index (Phi) is 5.41. The summed E-state index contributed by atoms with van der Waals surface area (Å²) in [6.45, 7) is 1.99. The van der Waals surface area contributed by atoms with E-state index in [1.807, 2.05) is 7.05 Å². The highest BCUT2D eigenvalue weighted by molar-refractivity contribution is 5.16. The van der Waals surface area contributed by atoms with Crippen molar-refractivity contribution in [3.63, 3.8) is 0 Å². The molecule has 0 aliphatic heterocycles. The lowest BCUT2D eigenvalue weighted by molar-refractivity contribution is 0.0346. The van der Waals surface area contributed by atoms with Gasteiger partial charge in [-0.2, -0.15) is 0 Å². The Morgan fingerprint density at radius 2 is 2.11 bits per heavy atom. The maximum atomic E-state index is 5.79. The molecule has 0 atom stereocenters. The Balaban J connectivity index is 1.59. The molecule has 1 aromatic heterocycles. The highest BCUT2D eigenvalue weighted by Gasteiger charge is 2.13. The summed E-state index contributed by atoms with van der Waals surface area (Å²) in [6, 6.07) is 0.465. The van der Waals surface area contributed by atoms with Gasteiger partial charge in [-0.05, 0) is 19.9 Å². The van der Waals surface area contributed by atoms with Crippen LogP contribution in [0.5, 0.6) is 0 Å². The maximum absolute atomic E-state index is 5.79. The van der Waals surface area contributed by atoms with Gasteiger partial charge in [0, 0.05) is 6.54 Å². The van der Waals surface area contributed by atoms with Crippen molar-refractivity contribution in [3.8, 4) is 0 Å². The van der Waals surface area contributed by atoms with Crippen molar-refractivity contribution in [2.24, 2.45) is 0 Å². The molecule has 1 saturated carbocycles. The number of ether oxygens (including phenoxy) is 1. The smallest absolute Gasteiger partial charge is 0.315 e. The predicted molar refractivity (Wildman–Crippen MR) is 68.4 cm³/mol. The van der Waals surface area contributed by atoms with Gasteiger partial charge in [0.05, 0.1) is 19.3 Å². The summed E-state index contributed by atoms with van der Waals surface area (Å²) in [6.07, 6.45) is 6.81. The molecule has 0 saturated heterocycles. The van der Waals surface area contributed by atoms with Gasteiger partial charge in [0.2, 0.25) is 5.89 Å². The fourth-order valence-electron chi connectivity index (χ4n) is 2.16. The lowest BCUT2D eigenvalue weighted by Gasteiger charge is -2.21. The zero-order valence-electron chi connectivity index (χ0n) is 10.9. The van der Waals surface area contributed by atoms with E-state index in [4.69, 9.17) is 9.15 Å². The van der Waals surface area contributed by atoms with E-state index in [2.05, 4.69) is 20.8 Å². The number of anilines is 1. The third kappa shape index (κ3) is 4.27. The molecular formula is C12H22N4O2. The van der Waals surface area contributed by atoms with Crippen molar-refractivity contribution in [1.29, 1.82) is 0 Å². The first-order valence-electron chi connectivity index (χ1n) is 6.71. The number of aromatic nitrogens is 2. The molecule has 0 unspecified atom stereocenters. The van der Waals surface area contributed by atoms with Crippen LogP contribution in [-0.4, -0.2) is 36.5 Å². The molecule has 6 heteroatoms. The molecular weight excluding hydrogens is 232 g/mol. The fourth-order valence-corrected chi connectivity index (χ4v) is 2.16. The highest BCUT2D eigenvalue weighted by atomic mass is 16.5. The van der Waals surface area contributed by atoms with E-state index in [-0.39, 0.29) is 0 Å². The molecule has 0 amide bonds. The van der Waals surface area contributed by atoms with Gasteiger partial charge in [0.15, 0.2) is 0 Å². The first-order valence-corrected chi connectivity index (χ1v) is 6.71. The van der Waals surface area contributed by atoms with Gasteiger partial charge < -0.3 is 19.8 Å². The number of rotatable bonds is 7. The van der Waals surface area contributed by atoms with Crippen molar-refractivity contribution in [2.75, 3.05) is 25.5 Å². The minimum Gasteiger partial charge on any atom is -0.407 e. The number of nitrogens with zero attached hydrogens (tertiary/aromatic N) is 2. The van der Waals surface area contributed by atoms with Crippen LogP contribution in [0, 0.1) is 0 Å². The van der Waals surface area contributed by atoms with Crippen LogP contribution in [0.4, 0.5) is 6.01 Å². The molecule has 0 spiro atoms. The van der Waals surface area contributed by atoms with Crippen LogP contribution in [0.2, 0.25) is 0 Å². The summed E-state index contributed by atoms with van der Waals surface area (Å²) in [7, 11) is 1.84. The Morgan fingerprint density at radius 1 is 1.28 bits per heavy atom. The molecule has 0 radical (unpaired) electrons. The minimum atomic E-state index is 0.447. The van der Waals surface area contributed by atoms with Crippen molar-refractivity contribution >= 4 is 6.01 Å². The van der Waals surface area contributed by atoms with Crippen LogP contribution in [0.1, 0.15) is 38.0 Å². The molecule has 1 fully saturated rings. The Morgan fingerprint density at radius 3 is 2.89 bits per heavy atom. The predicted octanol–water partition coefficient (Wildman–Crippen LogP) is 1.55. The van der Waals surface area contributed by atoms with Gasteiger partial charge in [-0.3, -0.25) is 0 Å². The van der Waals surface area contributed by atoms with Crippen LogP contribution in [0.3, 0.4) is 0 Å². The van der Waals surface area contributed by atoms with E-state index in [9.17, 15) is 0 Å². The van der Waals surface area contributed by atoms with Gasteiger partial charge in [0.1, 0.15) is 0 Å². The molecule has 0 bridgehead atoms. The monoisotopic (exact) mass is 254 g/mol. The van der Waals surface area contributed by atoms with Crippen LogP contribution in [0.25, 0.3) is 0 Å². The standard InChI is InChI=1S/C12H22N4O2/c1-13-9-11-15-16-12(18-11)14-7-8-17-10-5-3-2-4-6-10/h10,13H,2-9H2,1H3,(H,14,16). The third-order valence-electron chi connectivity index (χ3n) is 3.08. The maximum Gasteiger partial charge on any atom is 0.315 e. The van der Waals surface area contributed by atoms with Crippen LogP contribution >= 0.6 is 0 Å². The summed E-state index contributed by atoms with van der Waals surface area (Å²) in [5, 5.41) is 13.8. The van der Waals surface area contributed by atoms with E-state index < -0.39 is 0 Å². The second-order valence-electron chi connectivity index (χ2n) is 4.59. The van der Waals surface area contributed by atoms with Crippen molar-refractivity contribution in [3.05, 3.63) is 5.89 Å². The second-order valence-corrected chi connectivity index (χ2v) is 4.59. The minimum absolute atomic E-state index is 0.447. The van der Waals surface area contributed by atoms with Crippen molar-refractivity contribution in [2.45, 2.75) is 44.8 Å². The van der Waals surface area contributed by atoms with Gasteiger partial charge >= 0.3 is 6.01 Å². The highest BCUT2D eigenvalue weighted by Crippen LogP contribution is 2.19. The van der Waals surface area contributed by atoms with E-state index >= 15 is 0 Å². The fraction of sp³-hybridized carbons (Fsp3) is 0.833. The molecule has 1 aliphatic rings. The normalized spacial score (nSPS) is 16.9. The average molecular weight is 254 g/mol. The van der Waals surface area contributed by atoms with Gasteiger partial charge in [-0.25, -0.2) is 0 Å². The van der Waals surface area contributed by atoms with Crippen LogP contribution in [-0.2, 0) is 11.3 Å². The van der Waals surface area contributed by atoms with Crippen molar-refractivity contribution < 1.29 is 9.15 Å². The lowest BCUT2D eigenvalue weighted by atomic mass is 9.98. The SMILES string of the molecule is CNCc1nnc(NCCOC2CCCCC2)o1. The first-order chi connectivity index (χ1) is 8.88. The second kappa shape index (κ2) is 7.33. The molecule has 2 rings (SSSR count). The molecule has 1 aromatic rings.